The van der Waals surface area contributed by atoms with Crippen molar-refractivity contribution in [1.82, 2.24) is 0 Å². The van der Waals surface area contributed by atoms with Crippen LogP contribution in [0.4, 0.5) is 11.6 Å². The number of hydrogen-bond acceptors (Lipinski definition) is 4. The summed E-state index contributed by atoms with van der Waals surface area (Å²) in [6.07, 6.45) is 0.532. The molecular weight excluding hydrogens is 278 g/mol. The summed E-state index contributed by atoms with van der Waals surface area (Å²) in [4.78, 5) is 23.8. The highest BCUT2D eigenvalue weighted by Gasteiger charge is 2.14. The normalized spacial score (nSPS) is 10.6. The Morgan fingerprint density at radius 2 is 1.68 bits per heavy atom. The van der Waals surface area contributed by atoms with Gasteiger partial charge in [0, 0.05) is 5.69 Å². The average molecular weight is 293 g/mol. The Hall–Kier alpha value is -2.88. The molecule has 0 saturated carbocycles. The second-order valence-corrected chi connectivity index (χ2v) is 5.28. The summed E-state index contributed by atoms with van der Waals surface area (Å²) >= 11 is 0. The lowest BCUT2D eigenvalue weighted by molar-refractivity contribution is 0.112. The number of rotatable bonds is 3. The third kappa shape index (κ3) is 2.51. The van der Waals surface area contributed by atoms with E-state index in [-0.39, 0.29) is 16.9 Å². The standard InChI is InChI=1S/C18H15NO3/c1-11-3-6-13(7-4-11)19-18-15(10-20)17(21)14-9-12(2)5-8-16(14)22-18/h3-10,19H,1-2H3. The SMILES string of the molecule is Cc1ccc(Nc2oc3ccc(C)cc3c(=O)c2C=O)cc1. The highest BCUT2D eigenvalue weighted by atomic mass is 16.3. The third-order valence-electron chi connectivity index (χ3n) is 3.51. The van der Waals surface area contributed by atoms with Gasteiger partial charge in [-0.15, -0.1) is 0 Å². The zero-order chi connectivity index (χ0) is 15.7. The van der Waals surface area contributed by atoms with Gasteiger partial charge >= 0.3 is 0 Å². The third-order valence-corrected chi connectivity index (χ3v) is 3.51. The molecule has 3 rings (SSSR count). The molecule has 0 amide bonds. The molecule has 1 N–H and O–H groups in total. The number of aryl methyl sites for hydroxylation is 2. The fourth-order valence-corrected chi connectivity index (χ4v) is 2.29. The number of benzene rings is 2. The van der Waals surface area contributed by atoms with Crippen molar-refractivity contribution in [3.63, 3.8) is 0 Å². The van der Waals surface area contributed by atoms with Gasteiger partial charge in [0.1, 0.15) is 11.1 Å². The predicted molar refractivity (Wildman–Crippen MR) is 87.1 cm³/mol. The molecule has 0 spiro atoms. The molecule has 2 aromatic carbocycles. The van der Waals surface area contributed by atoms with E-state index < -0.39 is 0 Å². The summed E-state index contributed by atoms with van der Waals surface area (Å²) in [5.41, 5.74) is 2.94. The summed E-state index contributed by atoms with van der Waals surface area (Å²) < 4.78 is 5.71. The van der Waals surface area contributed by atoms with Crippen LogP contribution in [0.25, 0.3) is 11.0 Å². The van der Waals surface area contributed by atoms with Gasteiger partial charge in [0.25, 0.3) is 0 Å². The lowest BCUT2D eigenvalue weighted by atomic mass is 10.1. The van der Waals surface area contributed by atoms with Crippen LogP contribution < -0.4 is 10.7 Å². The fraction of sp³-hybridized carbons (Fsp3) is 0.111. The minimum absolute atomic E-state index is 0.00123. The van der Waals surface area contributed by atoms with Crippen LogP contribution in [-0.4, -0.2) is 6.29 Å². The van der Waals surface area contributed by atoms with Crippen LogP contribution in [0.3, 0.4) is 0 Å². The first-order valence-corrected chi connectivity index (χ1v) is 6.95. The van der Waals surface area contributed by atoms with Crippen LogP contribution >= 0.6 is 0 Å². The molecule has 110 valence electrons. The van der Waals surface area contributed by atoms with E-state index in [1.165, 1.54) is 0 Å². The Morgan fingerprint density at radius 1 is 1.00 bits per heavy atom. The van der Waals surface area contributed by atoms with E-state index in [0.29, 0.717) is 17.3 Å². The van der Waals surface area contributed by atoms with Crippen molar-refractivity contribution in [2.75, 3.05) is 5.32 Å². The lowest BCUT2D eigenvalue weighted by Gasteiger charge is -2.09. The lowest BCUT2D eigenvalue weighted by Crippen LogP contribution is -2.11. The number of hydrogen-bond donors (Lipinski definition) is 1. The summed E-state index contributed by atoms with van der Waals surface area (Å²) in [5, 5.41) is 3.41. The zero-order valence-corrected chi connectivity index (χ0v) is 12.3. The quantitative estimate of drug-likeness (QED) is 0.742. The maximum Gasteiger partial charge on any atom is 0.212 e. The topological polar surface area (TPSA) is 59.3 Å². The van der Waals surface area contributed by atoms with Crippen molar-refractivity contribution in [3.05, 3.63) is 69.4 Å². The molecule has 0 radical (unpaired) electrons. The smallest absolute Gasteiger partial charge is 0.212 e. The van der Waals surface area contributed by atoms with Crippen molar-refractivity contribution in [2.24, 2.45) is 0 Å². The maximum atomic E-state index is 12.4. The minimum Gasteiger partial charge on any atom is -0.439 e. The first-order chi connectivity index (χ1) is 10.6. The van der Waals surface area contributed by atoms with Gasteiger partial charge in [-0.1, -0.05) is 29.3 Å². The predicted octanol–water partition coefficient (Wildman–Crippen LogP) is 3.97. The molecular formula is C18H15NO3. The van der Waals surface area contributed by atoms with E-state index in [1.54, 1.807) is 12.1 Å². The first-order valence-electron chi connectivity index (χ1n) is 6.95. The molecule has 0 saturated heterocycles. The Labute approximate surface area is 127 Å². The van der Waals surface area contributed by atoms with Crippen LogP contribution in [0.1, 0.15) is 21.5 Å². The molecule has 22 heavy (non-hydrogen) atoms. The van der Waals surface area contributed by atoms with Crippen molar-refractivity contribution in [2.45, 2.75) is 13.8 Å². The van der Waals surface area contributed by atoms with E-state index in [1.807, 2.05) is 44.2 Å². The molecule has 0 aliphatic carbocycles. The monoisotopic (exact) mass is 293 g/mol. The highest BCUT2D eigenvalue weighted by molar-refractivity contribution is 5.90. The van der Waals surface area contributed by atoms with Crippen LogP contribution in [0.15, 0.2) is 51.7 Å². The molecule has 0 aliphatic rings. The van der Waals surface area contributed by atoms with Crippen molar-refractivity contribution >= 4 is 28.8 Å². The van der Waals surface area contributed by atoms with Crippen LogP contribution in [0.2, 0.25) is 0 Å². The second-order valence-electron chi connectivity index (χ2n) is 5.28. The van der Waals surface area contributed by atoms with E-state index in [4.69, 9.17) is 4.42 Å². The first kappa shape index (κ1) is 14.1. The average Bonchev–Trinajstić information content (AvgIpc) is 2.51. The van der Waals surface area contributed by atoms with Gasteiger partial charge in [-0.2, -0.15) is 0 Å². The summed E-state index contributed by atoms with van der Waals surface area (Å²) in [6, 6.07) is 12.9. The Morgan fingerprint density at radius 3 is 2.36 bits per heavy atom. The molecule has 0 unspecified atom stereocenters. The molecule has 0 bridgehead atoms. The molecule has 0 aliphatic heterocycles. The molecule has 3 aromatic rings. The molecule has 4 nitrogen and oxygen atoms in total. The summed E-state index contributed by atoms with van der Waals surface area (Å²) in [5.74, 6) is 0.167. The van der Waals surface area contributed by atoms with Gasteiger partial charge in [0.15, 0.2) is 6.29 Å². The van der Waals surface area contributed by atoms with Crippen molar-refractivity contribution in [3.8, 4) is 0 Å². The molecule has 1 heterocycles. The summed E-state index contributed by atoms with van der Waals surface area (Å²) in [7, 11) is 0. The second kappa shape index (κ2) is 5.48. The van der Waals surface area contributed by atoms with Gasteiger partial charge in [0.2, 0.25) is 11.3 Å². The molecule has 4 heteroatoms. The van der Waals surface area contributed by atoms with Gasteiger partial charge in [0.05, 0.1) is 5.39 Å². The molecule has 0 atom stereocenters. The number of nitrogens with one attached hydrogen (secondary N) is 1. The Bertz CT molecular complexity index is 908. The van der Waals surface area contributed by atoms with E-state index >= 15 is 0 Å². The number of carbonyl (C=O) groups is 1. The maximum absolute atomic E-state index is 12.4. The van der Waals surface area contributed by atoms with Crippen LogP contribution in [0.5, 0.6) is 0 Å². The fourth-order valence-electron chi connectivity index (χ4n) is 2.29. The van der Waals surface area contributed by atoms with Crippen LogP contribution in [0, 0.1) is 13.8 Å². The number of anilines is 2. The van der Waals surface area contributed by atoms with Crippen molar-refractivity contribution < 1.29 is 9.21 Å². The van der Waals surface area contributed by atoms with Gasteiger partial charge in [-0.05, 0) is 38.1 Å². The van der Waals surface area contributed by atoms with E-state index in [2.05, 4.69) is 5.32 Å². The molecule has 1 aromatic heterocycles. The Balaban J connectivity index is 2.16. The van der Waals surface area contributed by atoms with Crippen molar-refractivity contribution in [1.29, 1.82) is 0 Å². The minimum atomic E-state index is -0.324. The highest BCUT2D eigenvalue weighted by Crippen LogP contribution is 2.23. The van der Waals surface area contributed by atoms with Gasteiger partial charge in [-0.25, -0.2) is 0 Å². The number of aldehydes is 1. The summed E-state index contributed by atoms with van der Waals surface area (Å²) in [6.45, 7) is 3.87. The largest absolute Gasteiger partial charge is 0.439 e. The Kier molecular flexibility index (Phi) is 3.51. The number of fused-ring (bicyclic) bond motifs is 1. The van der Waals surface area contributed by atoms with Gasteiger partial charge in [-0.3, -0.25) is 9.59 Å². The zero-order valence-electron chi connectivity index (χ0n) is 12.3. The van der Waals surface area contributed by atoms with E-state index in [0.717, 1.165) is 16.8 Å². The van der Waals surface area contributed by atoms with Crippen LogP contribution in [-0.2, 0) is 0 Å². The number of carbonyl (C=O) groups excluding carboxylic acids is 1. The molecule has 0 fully saturated rings. The van der Waals surface area contributed by atoms with Gasteiger partial charge < -0.3 is 9.73 Å². The van der Waals surface area contributed by atoms with E-state index in [9.17, 15) is 9.59 Å².